The normalized spacial score (nSPS) is 13.1. The van der Waals surface area contributed by atoms with Gasteiger partial charge in [-0.1, -0.05) is 13.3 Å². The van der Waals surface area contributed by atoms with Gasteiger partial charge < -0.3 is 15.7 Å². The highest BCUT2D eigenvalue weighted by atomic mass is 32.2. The zero-order valence-electron chi connectivity index (χ0n) is 11.3. The molecule has 0 heterocycles. The molecule has 0 bridgehead atoms. The predicted octanol–water partition coefficient (Wildman–Crippen LogP) is -0.570. The molecule has 0 aromatic rings. The lowest BCUT2D eigenvalue weighted by Crippen LogP contribution is -2.47. The molecule has 0 rings (SSSR count). The smallest absolute Gasteiger partial charge is 0.326 e. The molecular weight excluding hydrogens is 274 g/mol. The lowest BCUT2D eigenvalue weighted by Gasteiger charge is -2.15. The summed E-state index contributed by atoms with van der Waals surface area (Å²) in [5.74, 6) is -1.35. The van der Waals surface area contributed by atoms with Crippen molar-refractivity contribution in [3.8, 4) is 0 Å². The first kappa shape index (κ1) is 17.6. The fourth-order valence-corrected chi connectivity index (χ4v) is 1.96. The number of nitrogens with one attached hydrogen (secondary N) is 2. The van der Waals surface area contributed by atoms with Gasteiger partial charge in [-0.25, -0.2) is 22.3 Å². The van der Waals surface area contributed by atoms with E-state index in [1.807, 2.05) is 0 Å². The van der Waals surface area contributed by atoms with E-state index in [0.29, 0.717) is 12.8 Å². The van der Waals surface area contributed by atoms with Crippen LogP contribution >= 0.6 is 0 Å². The van der Waals surface area contributed by atoms with Crippen molar-refractivity contribution in [1.29, 1.82) is 0 Å². The lowest BCUT2D eigenvalue weighted by atomic mass is 10.2. The molecule has 0 spiro atoms. The first-order valence-electron chi connectivity index (χ1n) is 5.88. The summed E-state index contributed by atoms with van der Waals surface area (Å²) in [5, 5.41) is 13.4. The number of hydrogen-bond donors (Lipinski definition) is 3. The summed E-state index contributed by atoms with van der Waals surface area (Å²) in [6.07, 6.45) is 0.936. The fraction of sp³-hybridized carbons (Fsp3) is 0.800. The summed E-state index contributed by atoms with van der Waals surface area (Å²) in [6.45, 7) is 1.73. The van der Waals surface area contributed by atoms with Crippen molar-refractivity contribution in [2.75, 3.05) is 26.4 Å². The average molecular weight is 295 g/mol. The average Bonchev–Trinajstić information content (AvgIpc) is 2.27. The summed E-state index contributed by atoms with van der Waals surface area (Å²) < 4.78 is 23.9. The molecule has 112 valence electrons. The quantitative estimate of drug-likeness (QED) is 0.554. The molecule has 0 aliphatic carbocycles. The van der Waals surface area contributed by atoms with Crippen molar-refractivity contribution in [1.82, 2.24) is 14.9 Å². The Kier molecular flexibility index (Phi) is 7.38. The van der Waals surface area contributed by atoms with Crippen LogP contribution in [0.3, 0.4) is 0 Å². The van der Waals surface area contributed by atoms with Crippen LogP contribution in [0.4, 0.5) is 4.79 Å². The Morgan fingerprint density at radius 3 is 2.32 bits per heavy atom. The van der Waals surface area contributed by atoms with Gasteiger partial charge in [0.1, 0.15) is 6.04 Å². The maximum Gasteiger partial charge on any atom is 0.326 e. The van der Waals surface area contributed by atoms with Gasteiger partial charge in [-0.15, -0.1) is 0 Å². The third-order valence-electron chi connectivity index (χ3n) is 2.38. The van der Waals surface area contributed by atoms with E-state index in [1.165, 1.54) is 14.1 Å². The van der Waals surface area contributed by atoms with E-state index >= 15 is 0 Å². The van der Waals surface area contributed by atoms with E-state index in [1.54, 1.807) is 6.92 Å². The molecule has 0 radical (unpaired) electrons. The van der Waals surface area contributed by atoms with Crippen LogP contribution in [0.5, 0.6) is 0 Å². The first-order valence-corrected chi connectivity index (χ1v) is 7.49. The summed E-state index contributed by atoms with van der Waals surface area (Å²) in [6, 6.07) is -1.65. The van der Waals surface area contributed by atoms with Crippen LogP contribution in [0.1, 0.15) is 19.8 Å². The highest BCUT2D eigenvalue weighted by Crippen LogP contribution is 1.96. The van der Waals surface area contributed by atoms with E-state index in [0.717, 1.165) is 4.31 Å². The van der Waals surface area contributed by atoms with E-state index in [9.17, 15) is 18.0 Å². The number of carbonyl (C=O) groups is 2. The molecule has 0 aromatic heterocycles. The Labute approximate surface area is 113 Å². The molecule has 8 nitrogen and oxygen atoms in total. The molecule has 0 aromatic carbocycles. The Morgan fingerprint density at radius 1 is 1.32 bits per heavy atom. The Balaban J connectivity index is 4.16. The van der Waals surface area contributed by atoms with Crippen molar-refractivity contribution in [2.45, 2.75) is 25.8 Å². The highest BCUT2D eigenvalue weighted by molar-refractivity contribution is 7.89. The third kappa shape index (κ3) is 6.97. The van der Waals surface area contributed by atoms with Crippen LogP contribution < -0.4 is 10.6 Å². The number of rotatable bonds is 8. The number of urea groups is 1. The number of hydrogen-bond acceptors (Lipinski definition) is 4. The van der Waals surface area contributed by atoms with Gasteiger partial charge in [0.05, 0.1) is 5.75 Å². The van der Waals surface area contributed by atoms with E-state index < -0.39 is 28.1 Å². The molecule has 0 fully saturated rings. The molecule has 0 saturated heterocycles. The summed E-state index contributed by atoms with van der Waals surface area (Å²) in [4.78, 5) is 22.2. The monoisotopic (exact) mass is 295 g/mol. The van der Waals surface area contributed by atoms with E-state index in [2.05, 4.69) is 10.6 Å². The van der Waals surface area contributed by atoms with Crippen molar-refractivity contribution in [3.05, 3.63) is 0 Å². The van der Waals surface area contributed by atoms with Gasteiger partial charge in [0.25, 0.3) is 0 Å². The van der Waals surface area contributed by atoms with Gasteiger partial charge in [-0.3, -0.25) is 0 Å². The summed E-state index contributed by atoms with van der Waals surface area (Å²) in [5.41, 5.74) is 0. The minimum atomic E-state index is -3.37. The summed E-state index contributed by atoms with van der Waals surface area (Å²) in [7, 11) is -0.575. The zero-order valence-corrected chi connectivity index (χ0v) is 12.2. The van der Waals surface area contributed by atoms with Gasteiger partial charge in [-0.2, -0.15) is 0 Å². The standard InChI is InChI=1S/C10H21N3O5S/c1-4-5-8(9(14)15)12-10(16)11-6-7-19(17,18)13(2)3/h8H,4-7H2,1-3H3,(H,14,15)(H2,11,12,16). The minimum Gasteiger partial charge on any atom is -0.480 e. The van der Waals surface area contributed by atoms with Crippen LogP contribution in [0, 0.1) is 0 Å². The van der Waals surface area contributed by atoms with Crippen molar-refractivity contribution < 1.29 is 23.1 Å². The molecular formula is C10H21N3O5S. The molecule has 0 saturated carbocycles. The fourth-order valence-electron chi connectivity index (χ4n) is 1.23. The summed E-state index contributed by atoms with van der Waals surface area (Å²) >= 11 is 0. The molecule has 19 heavy (non-hydrogen) atoms. The molecule has 9 heteroatoms. The van der Waals surface area contributed by atoms with Crippen molar-refractivity contribution >= 4 is 22.0 Å². The SMILES string of the molecule is CCCC(NC(=O)NCCS(=O)(=O)N(C)C)C(=O)O. The number of carbonyl (C=O) groups excluding carboxylic acids is 1. The second-order valence-corrected chi connectivity index (χ2v) is 6.48. The Hall–Kier alpha value is -1.35. The molecule has 1 unspecified atom stereocenters. The maximum absolute atomic E-state index is 11.4. The number of aliphatic carboxylic acids is 1. The van der Waals surface area contributed by atoms with Crippen LogP contribution in [0.2, 0.25) is 0 Å². The van der Waals surface area contributed by atoms with Crippen LogP contribution in [-0.2, 0) is 14.8 Å². The number of carboxylic acids is 1. The highest BCUT2D eigenvalue weighted by Gasteiger charge is 2.19. The molecule has 1 atom stereocenters. The third-order valence-corrected chi connectivity index (χ3v) is 4.22. The van der Waals surface area contributed by atoms with Crippen LogP contribution in [0.25, 0.3) is 0 Å². The van der Waals surface area contributed by atoms with Gasteiger partial charge in [0.15, 0.2) is 0 Å². The van der Waals surface area contributed by atoms with Gasteiger partial charge in [-0.05, 0) is 6.42 Å². The topological polar surface area (TPSA) is 116 Å². The van der Waals surface area contributed by atoms with Crippen LogP contribution in [0.15, 0.2) is 0 Å². The Morgan fingerprint density at radius 2 is 1.89 bits per heavy atom. The first-order chi connectivity index (χ1) is 8.70. The lowest BCUT2D eigenvalue weighted by molar-refractivity contribution is -0.139. The molecule has 0 aliphatic heterocycles. The molecule has 2 amide bonds. The number of carboxylic acid groups (broad SMARTS) is 1. The predicted molar refractivity (Wildman–Crippen MR) is 70.3 cm³/mol. The zero-order chi connectivity index (χ0) is 15.1. The van der Waals surface area contributed by atoms with Crippen molar-refractivity contribution in [2.24, 2.45) is 0 Å². The number of amides is 2. The van der Waals surface area contributed by atoms with Crippen molar-refractivity contribution in [3.63, 3.8) is 0 Å². The number of sulfonamides is 1. The van der Waals surface area contributed by atoms with Crippen LogP contribution in [-0.4, -0.2) is 62.3 Å². The molecule has 3 N–H and O–H groups in total. The second kappa shape index (κ2) is 7.95. The van der Waals surface area contributed by atoms with Gasteiger partial charge >= 0.3 is 12.0 Å². The largest absolute Gasteiger partial charge is 0.480 e. The van der Waals surface area contributed by atoms with Gasteiger partial charge in [0, 0.05) is 20.6 Å². The Bertz CT molecular complexity index is 407. The van der Waals surface area contributed by atoms with Gasteiger partial charge in [0.2, 0.25) is 10.0 Å². The molecule has 0 aliphatic rings. The second-order valence-electron chi connectivity index (χ2n) is 4.18. The van der Waals surface area contributed by atoms with E-state index in [-0.39, 0.29) is 12.3 Å². The minimum absolute atomic E-state index is 0.0786. The number of nitrogens with zero attached hydrogens (tertiary/aromatic N) is 1. The maximum atomic E-state index is 11.4. The van der Waals surface area contributed by atoms with E-state index in [4.69, 9.17) is 5.11 Å².